The van der Waals surface area contributed by atoms with Crippen LogP contribution in [-0.2, 0) is 11.3 Å². The van der Waals surface area contributed by atoms with Crippen molar-refractivity contribution in [2.45, 2.75) is 51.0 Å². The van der Waals surface area contributed by atoms with Gasteiger partial charge in [-0.25, -0.2) is 0 Å². The van der Waals surface area contributed by atoms with Crippen molar-refractivity contribution in [3.05, 3.63) is 53.8 Å². The van der Waals surface area contributed by atoms with Crippen LogP contribution in [0.15, 0.2) is 40.9 Å². The summed E-state index contributed by atoms with van der Waals surface area (Å²) in [6.07, 6.45) is 3.23. The van der Waals surface area contributed by atoms with Crippen LogP contribution in [0.2, 0.25) is 0 Å². The van der Waals surface area contributed by atoms with Crippen LogP contribution in [-0.4, -0.2) is 38.7 Å². The maximum atomic E-state index is 6.29. The van der Waals surface area contributed by atoms with E-state index in [2.05, 4.69) is 45.4 Å². The Labute approximate surface area is 152 Å². The molecule has 2 aliphatic heterocycles. The van der Waals surface area contributed by atoms with Crippen LogP contribution in [0.25, 0.3) is 10.9 Å². The summed E-state index contributed by atoms with van der Waals surface area (Å²) in [6, 6.07) is 13.0. The van der Waals surface area contributed by atoms with Crippen LogP contribution >= 0.6 is 0 Å². The normalized spacial score (nSPS) is 26.3. The van der Waals surface area contributed by atoms with E-state index in [9.17, 15) is 0 Å². The van der Waals surface area contributed by atoms with Crippen LogP contribution in [0.5, 0.6) is 0 Å². The summed E-state index contributed by atoms with van der Waals surface area (Å²) in [6.45, 7) is 3.76. The third-order valence-corrected chi connectivity index (χ3v) is 5.50. The van der Waals surface area contributed by atoms with Gasteiger partial charge in [0.15, 0.2) is 5.82 Å². The molecule has 0 bridgehead atoms. The van der Waals surface area contributed by atoms with E-state index in [1.165, 1.54) is 5.39 Å². The number of hydrogen-bond acceptors (Lipinski definition) is 6. The van der Waals surface area contributed by atoms with E-state index in [1.54, 1.807) is 0 Å². The number of fused-ring (bicyclic) bond motifs is 2. The van der Waals surface area contributed by atoms with Crippen LogP contribution in [0.3, 0.4) is 0 Å². The van der Waals surface area contributed by atoms with Crippen molar-refractivity contribution in [3.8, 4) is 0 Å². The van der Waals surface area contributed by atoms with Gasteiger partial charge >= 0.3 is 0 Å². The average Bonchev–Trinajstić information content (AvgIpc) is 3.28. The number of hydrogen-bond donors (Lipinski definition) is 0. The van der Waals surface area contributed by atoms with Gasteiger partial charge in [-0.2, -0.15) is 4.98 Å². The second kappa shape index (κ2) is 6.45. The first kappa shape index (κ1) is 15.9. The Kier molecular flexibility index (Phi) is 3.94. The Morgan fingerprint density at radius 1 is 1.08 bits per heavy atom. The summed E-state index contributed by atoms with van der Waals surface area (Å²) in [4.78, 5) is 11.7. The predicted molar refractivity (Wildman–Crippen MR) is 96.4 cm³/mol. The standard InChI is InChI=1S/C20H22N4O2/c1-13-21-20(26-23-13)19-9-8-17-18(25-19)10-11-24(17)12-15-7-6-14-4-2-3-5-16(14)22-15/h2-7,17-19H,8-12H2,1H3/t17-,18-,19+/m1/s1. The van der Waals surface area contributed by atoms with Gasteiger partial charge in [-0.05, 0) is 38.3 Å². The monoisotopic (exact) mass is 350 g/mol. The molecule has 3 aromatic rings. The van der Waals surface area contributed by atoms with E-state index in [-0.39, 0.29) is 12.2 Å². The minimum absolute atomic E-state index is 0.0591. The van der Waals surface area contributed by atoms with E-state index < -0.39 is 0 Å². The highest BCUT2D eigenvalue weighted by Crippen LogP contribution is 2.38. The zero-order valence-corrected chi connectivity index (χ0v) is 14.8. The molecule has 0 unspecified atom stereocenters. The molecule has 0 radical (unpaired) electrons. The summed E-state index contributed by atoms with van der Waals surface area (Å²) < 4.78 is 11.6. The predicted octanol–water partition coefficient (Wildman–Crippen LogP) is 3.42. The number of pyridine rings is 1. The molecule has 134 valence electrons. The Balaban J connectivity index is 1.28. The van der Waals surface area contributed by atoms with Gasteiger partial charge in [0.1, 0.15) is 6.10 Å². The number of benzene rings is 1. The lowest BCUT2D eigenvalue weighted by Gasteiger charge is -2.34. The maximum Gasteiger partial charge on any atom is 0.255 e. The highest BCUT2D eigenvalue weighted by molar-refractivity contribution is 5.78. The molecular weight excluding hydrogens is 328 g/mol. The van der Waals surface area contributed by atoms with Gasteiger partial charge in [-0.1, -0.05) is 29.4 Å². The quantitative estimate of drug-likeness (QED) is 0.721. The van der Waals surface area contributed by atoms with Gasteiger partial charge in [0.25, 0.3) is 5.89 Å². The third-order valence-electron chi connectivity index (χ3n) is 5.50. The van der Waals surface area contributed by atoms with E-state index in [4.69, 9.17) is 14.2 Å². The van der Waals surface area contributed by atoms with Crippen LogP contribution in [0, 0.1) is 6.92 Å². The number of aryl methyl sites for hydroxylation is 1. The number of likely N-dealkylation sites (tertiary alicyclic amines) is 1. The van der Waals surface area contributed by atoms with E-state index in [1.807, 2.05) is 13.0 Å². The van der Waals surface area contributed by atoms with Crippen molar-refractivity contribution in [2.24, 2.45) is 0 Å². The topological polar surface area (TPSA) is 64.3 Å². The maximum absolute atomic E-state index is 6.29. The summed E-state index contributed by atoms with van der Waals surface area (Å²) in [5.41, 5.74) is 2.19. The highest BCUT2D eigenvalue weighted by atomic mass is 16.5. The number of aromatic nitrogens is 3. The number of rotatable bonds is 3. The minimum Gasteiger partial charge on any atom is -0.363 e. The fourth-order valence-corrected chi connectivity index (χ4v) is 4.24. The Morgan fingerprint density at radius 2 is 2.00 bits per heavy atom. The second-order valence-electron chi connectivity index (χ2n) is 7.24. The molecular formula is C20H22N4O2. The molecule has 26 heavy (non-hydrogen) atoms. The molecule has 2 aromatic heterocycles. The molecule has 0 spiro atoms. The van der Waals surface area contributed by atoms with Gasteiger partial charge in [-0.3, -0.25) is 9.88 Å². The molecule has 0 saturated carbocycles. The van der Waals surface area contributed by atoms with Crippen molar-refractivity contribution in [3.63, 3.8) is 0 Å². The van der Waals surface area contributed by atoms with Crippen LogP contribution in [0.4, 0.5) is 0 Å². The molecule has 2 saturated heterocycles. The summed E-state index contributed by atoms with van der Waals surface area (Å²) in [5.74, 6) is 1.29. The largest absolute Gasteiger partial charge is 0.363 e. The molecule has 0 aliphatic carbocycles. The van der Waals surface area contributed by atoms with Crippen molar-refractivity contribution in [1.82, 2.24) is 20.0 Å². The first-order chi connectivity index (χ1) is 12.8. The van der Waals surface area contributed by atoms with E-state index in [0.29, 0.717) is 17.8 Å². The fraction of sp³-hybridized carbons (Fsp3) is 0.450. The SMILES string of the molecule is Cc1noc([C@@H]2CC[C@@H]3[C@@H](CCN3Cc3ccc4ccccc4n3)O2)n1. The van der Waals surface area contributed by atoms with E-state index >= 15 is 0 Å². The third kappa shape index (κ3) is 2.89. The average molecular weight is 350 g/mol. The van der Waals surface area contributed by atoms with Crippen molar-refractivity contribution >= 4 is 10.9 Å². The molecule has 0 amide bonds. The minimum atomic E-state index is -0.0591. The zero-order valence-electron chi connectivity index (χ0n) is 14.8. The smallest absolute Gasteiger partial charge is 0.255 e. The second-order valence-corrected chi connectivity index (χ2v) is 7.24. The van der Waals surface area contributed by atoms with Gasteiger partial charge in [0.05, 0.1) is 17.3 Å². The van der Waals surface area contributed by atoms with E-state index in [0.717, 1.165) is 43.6 Å². The van der Waals surface area contributed by atoms with Crippen molar-refractivity contribution in [2.75, 3.05) is 6.54 Å². The zero-order chi connectivity index (χ0) is 17.5. The van der Waals surface area contributed by atoms with Gasteiger partial charge < -0.3 is 9.26 Å². The van der Waals surface area contributed by atoms with Crippen molar-refractivity contribution in [1.29, 1.82) is 0 Å². The summed E-state index contributed by atoms with van der Waals surface area (Å²) in [5, 5.41) is 5.08. The molecule has 6 nitrogen and oxygen atoms in total. The van der Waals surface area contributed by atoms with Crippen LogP contribution in [0.1, 0.15) is 42.8 Å². The molecule has 1 aromatic carbocycles. The highest BCUT2D eigenvalue weighted by Gasteiger charge is 2.41. The number of nitrogens with zero attached hydrogens (tertiary/aromatic N) is 4. The molecule has 4 heterocycles. The lowest BCUT2D eigenvalue weighted by atomic mass is 9.99. The lowest BCUT2D eigenvalue weighted by molar-refractivity contribution is -0.0832. The fourth-order valence-electron chi connectivity index (χ4n) is 4.24. The molecule has 2 aliphatic rings. The van der Waals surface area contributed by atoms with Crippen LogP contribution < -0.4 is 0 Å². The Bertz CT molecular complexity index is 925. The lowest BCUT2D eigenvalue weighted by Crippen LogP contribution is -2.40. The molecule has 6 heteroatoms. The van der Waals surface area contributed by atoms with Crippen molar-refractivity contribution < 1.29 is 9.26 Å². The Morgan fingerprint density at radius 3 is 2.88 bits per heavy atom. The number of para-hydroxylation sites is 1. The molecule has 5 rings (SSSR count). The van der Waals surface area contributed by atoms with Gasteiger partial charge in [0.2, 0.25) is 0 Å². The number of ether oxygens (including phenoxy) is 1. The Hall–Kier alpha value is -2.31. The van der Waals surface area contributed by atoms with Gasteiger partial charge in [-0.15, -0.1) is 0 Å². The molecule has 3 atom stereocenters. The molecule has 2 fully saturated rings. The summed E-state index contributed by atoms with van der Waals surface area (Å²) in [7, 11) is 0. The first-order valence-electron chi connectivity index (χ1n) is 9.31. The molecule has 0 N–H and O–H groups in total. The summed E-state index contributed by atoms with van der Waals surface area (Å²) >= 11 is 0. The van der Waals surface area contributed by atoms with Gasteiger partial charge in [0, 0.05) is 24.5 Å². The first-order valence-corrected chi connectivity index (χ1v) is 9.31.